The van der Waals surface area contributed by atoms with E-state index in [1.165, 1.54) is 6.92 Å². The maximum absolute atomic E-state index is 11.6. The summed E-state index contributed by atoms with van der Waals surface area (Å²) in [5.74, 6) is -0.729. The molecular formula is C10H17N3O3. The van der Waals surface area contributed by atoms with Crippen molar-refractivity contribution in [2.45, 2.75) is 26.2 Å². The Kier molecular flexibility index (Phi) is 4.28. The van der Waals surface area contributed by atoms with E-state index in [1.807, 2.05) is 0 Å². The third-order valence-electron chi connectivity index (χ3n) is 2.51. The molecule has 0 aromatic rings. The summed E-state index contributed by atoms with van der Waals surface area (Å²) in [5.41, 5.74) is 5.25. The number of carbonyl (C=O) groups excluding carboxylic acids is 2. The monoisotopic (exact) mass is 227 g/mol. The first-order valence-electron chi connectivity index (χ1n) is 5.25. The lowest BCUT2D eigenvalue weighted by atomic mass is 10.0. The first-order valence-corrected chi connectivity index (χ1v) is 5.25. The molecule has 0 radical (unpaired) electrons. The minimum atomic E-state index is -0.478. The highest BCUT2D eigenvalue weighted by Gasteiger charge is 2.28. The lowest BCUT2D eigenvalue weighted by Crippen LogP contribution is -2.27. The molecule has 6 nitrogen and oxygen atoms in total. The highest BCUT2D eigenvalue weighted by atomic mass is 16.7. The molecule has 0 aromatic heterocycles. The van der Waals surface area contributed by atoms with Gasteiger partial charge < -0.3 is 15.5 Å². The molecule has 0 saturated carbocycles. The number of carbonyl (C=O) groups is 2. The molecule has 1 unspecified atom stereocenters. The van der Waals surface area contributed by atoms with Gasteiger partial charge in [-0.2, -0.15) is 0 Å². The number of amides is 1. The van der Waals surface area contributed by atoms with Gasteiger partial charge in [-0.1, -0.05) is 5.16 Å². The fourth-order valence-electron chi connectivity index (χ4n) is 1.56. The molecule has 1 aliphatic heterocycles. The third-order valence-corrected chi connectivity index (χ3v) is 2.51. The summed E-state index contributed by atoms with van der Waals surface area (Å²) >= 11 is 0. The molecule has 1 rings (SSSR count). The summed E-state index contributed by atoms with van der Waals surface area (Å²) in [6, 6.07) is 0. The van der Waals surface area contributed by atoms with Gasteiger partial charge in [0.25, 0.3) is 0 Å². The van der Waals surface area contributed by atoms with Crippen LogP contribution in [0.15, 0.2) is 5.16 Å². The van der Waals surface area contributed by atoms with Crippen molar-refractivity contribution in [3.63, 3.8) is 0 Å². The van der Waals surface area contributed by atoms with Crippen molar-refractivity contribution in [1.82, 2.24) is 4.90 Å². The number of nitrogens with two attached hydrogens (primary N) is 1. The van der Waals surface area contributed by atoms with E-state index in [0.717, 1.165) is 6.42 Å². The molecule has 0 spiro atoms. The number of hydrogen-bond donors (Lipinski definition) is 1. The quantitative estimate of drug-likeness (QED) is 0.313. The summed E-state index contributed by atoms with van der Waals surface area (Å²) in [4.78, 5) is 29.3. The van der Waals surface area contributed by atoms with Crippen LogP contribution in [0.2, 0.25) is 0 Å². The second kappa shape index (κ2) is 5.48. The van der Waals surface area contributed by atoms with Gasteiger partial charge in [-0.25, -0.2) is 4.79 Å². The lowest BCUT2D eigenvalue weighted by Gasteiger charge is -2.13. The van der Waals surface area contributed by atoms with Crippen molar-refractivity contribution in [3.05, 3.63) is 0 Å². The average Bonchev–Trinajstić information content (AvgIpc) is 2.38. The van der Waals surface area contributed by atoms with Crippen LogP contribution in [0.5, 0.6) is 0 Å². The van der Waals surface area contributed by atoms with Crippen LogP contribution in [0.3, 0.4) is 0 Å². The van der Waals surface area contributed by atoms with E-state index in [-0.39, 0.29) is 18.2 Å². The molecule has 0 aromatic carbocycles. The van der Waals surface area contributed by atoms with Crippen LogP contribution in [-0.2, 0) is 14.4 Å². The largest absolute Gasteiger partial charge is 0.385 e. The van der Waals surface area contributed by atoms with Gasteiger partial charge in [-0.15, -0.1) is 0 Å². The SMILES string of the molecule is C/C(N)=N/OC(=O)C1CCCN(C)C(=O)C1. The van der Waals surface area contributed by atoms with E-state index >= 15 is 0 Å². The lowest BCUT2D eigenvalue weighted by molar-refractivity contribution is -0.150. The van der Waals surface area contributed by atoms with Gasteiger partial charge in [0.2, 0.25) is 5.91 Å². The standard InChI is InChI=1S/C10H17N3O3/c1-7(11)12-16-10(15)8-4-3-5-13(2)9(14)6-8/h8H,3-6H2,1-2H3,(H2,11,12). The second-order valence-corrected chi connectivity index (χ2v) is 4.00. The maximum atomic E-state index is 11.6. The molecule has 1 fully saturated rings. The van der Waals surface area contributed by atoms with Gasteiger partial charge in [0.1, 0.15) is 5.84 Å². The van der Waals surface area contributed by atoms with E-state index in [9.17, 15) is 9.59 Å². The molecule has 16 heavy (non-hydrogen) atoms. The Labute approximate surface area is 94.4 Å². The number of oxime groups is 1. The zero-order chi connectivity index (χ0) is 12.1. The number of rotatable bonds is 2. The second-order valence-electron chi connectivity index (χ2n) is 4.00. The summed E-state index contributed by atoms with van der Waals surface area (Å²) < 4.78 is 0. The van der Waals surface area contributed by atoms with E-state index < -0.39 is 11.9 Å². The minimum absolute atomic E-state index is 0.0344. The zero-order valence-corrected chi connectivity index (χ0v) is 9.60. The molecule has 0 aliphatic carbocycles. The van der Waals surface area contributed by atoms with Crippen molar-refractivity contribution in [1.29, 1.82) is 0 Å². The normalized spacial score (nSPS) is 22.9. The van der Waals surface area contributed by atoms with Crippen molar-refractivity contribution < 1.29 is 14.4 Å². The summed E-state index contributed by atoms with van der Waals surface area (Å²) in [7, 11) is 1.73. The van der Waals surface area contributed by atoms with Crippen LogP contribution in [-0.4, -0.2) is 36.2 Å². The minimum Gasteiger partial charge on any atom is -0.385 e. The van der Waals surface area contributed by atoms with E-state index in [2.05, 4.69) is 9.99 Å². The van der Waals surface area contributed by atoms with E-state index in [4.69, 9.17) is 5.73 Å². The summed E-state index contributed by atoms with van der Waals surface area (Å²) in [6.07, 6.45) is 1.63. The van der Waals surface area contributed by atoms with Gasteiger partial charge >= 0.3 is 5.97 Å². The van der Waals surface area contributed by atoms with Crippen molar-refractivity contribution in [2.75, 3.05) is 13.6 Å². The summed E-state index contributed by atoms with van der Waals surface area (Å²) in [5, 5.41) is 3.39. The Balaban J connectivity index is 2.56. The van der Waals surface area contributed by atoms with Crippen LogP contribution in [0.1, 0.15) is 26.2 Å². The first-order chi connectivity index (χ1) is 7.50. The fraction of sp³-hybridized carbons (Fsp3) is 0.700. The number of nitrogens with zero attached hydrogens (tertiary/aromatic N) is 2. The van der Waals surface area contributed by atoms with Crippen LogP contribution < -0.4 is 5.73 Å². The van der Waals surface area contributed by atoms with Gasteiger partial charge in [0.05, 0.1) is 5.92 Å². The summed E-state index contributed by atoms with van der Waals surface area (Å²) in [6.45, 7) is 2.21. The van der Waals surface area contributed by atoms with Gasteiger partial charge in [0.15, 0.2) is 0 Å². The average molecular weight is 227 g/mol. The highest BCUT2D eigenvalue weighted by molar-refractivity contribution is 5.84. The fourth-order valence-corrected chi connectivity index (χ4v) is 1.56. The van der Waals surface area contributed by atoms with E-state index in [0.29, 0.717) is 13.0 Å². The Morgan fingerprint density at radius 3 is 2.94 bits per heavy atom. The maximum Gasteiger partial charge on any atom is 0.338 e. The Hall–Kier alpha value is -1.59. The molecule has 0 bridgehead atoms. The molecule has 1 saturated heterocycles. The number of hydrogen-bond acceptors (Lipinski definition) is 4. The number of amidine groups is 1. The molecule has 1 amide bonds. The van der Waals surface area contributed by atoms with Crippen molar-refractivity contribution >= 4 is 17.7 Å². The molecule has 1 heterocycles. The topological polar surface area (TPSA) is 85.0 Å². The first kappa shape index (κ1) is 12.5. The molecule has 6 heteroatoms. The molecule has 1 atom stereocenters. The van der Waals surface area contributed by atoms with Crippen LogP contribution in [0, 0.1) is 5.92 Å². The van der Waals surface area contributed by atoms with Crippen molar-refractivity contribution in [3.8, 4) is 0 Å². The molecule has 2 N–H and O–H groups in total. The molecule has 1 aliphatic rings. The zero-order valence-electron chi connectivity index (χ0n) is 9.60. The third kappa shape index (κ3) is 3.52. The highest BCUT2D eigenvalue weighted by Crippen LogP contribution is 2.19. The number of likely N-dealkylation sites (tertiary alicyclic amines) is 1. The van der Waals surface area contributed by atoms with Crippen LogP contribution in [0.25, 0.3) is 0 Å². The van der Waals surface area contributed by atoms with Crippen molar-refractivity contribution in [2.24, 2.45) is 16.8 Å². The Bertz CT molecular complexity index is 310. The Morgan fingerprint density at radius 2 is 2.31 bits per heavy atom. The smallest absolute Gasteiger partial charge is 0.338 e. The Morgan fingerprint density at radius 1 is 1.62 bits per heavy atom. The van der Waals surface area contributed by atoms with Gasteiger partial charge in [-0.3, -0.25) is 4.79 Å². The van der Waals surface area contributed by atoms with Gasteiger partial charge in [0, 0.05) is 20.0 Å². The predicted octanol–water partition coefficient (Wildman–Crippen LogP) is 0.0802. The molecular weight excluding hydrogens is 210 g/mol. The van der Waals surface area contributed by atoms with Gasteiger partial charge in [-0.05, 0) is 19.8 Å². The van der Waals surface area contributed by atoms with E-state index in [1.54, 1.807) is 11.9 Å². The van der Waals surface area contributed by atoms with Crippen LogP contribution >= 0.6 is 0 Å². The molecule has 90 valence electrons. The predicted molar refractivity (Wildman–Crippen MR) is 58.4 cm³/mol. The van der Waals surface area contributed by atoms with Crippen LogP contribution in [0.4, 0.5) is 0 Å².